The van der Waals surface area contributed by atoms with Crippen LogP contribution in [0.4, 0.5) is 8.78 Å². The first-order valence-corrected chi connectivity index (χ1v) is 10.1. The summed E-state index contributed by atoms with van der Waals surface area (Å²) < 4.78 is 45.0. The highest BCUT2D eigenvalue weighted by Gasteiger charge is 2.26. The molecule has 0 saturated carbocycles. The largest absolute Gasteiger partial charge is 0.498 e. The van der Waals surface area contributed by atoms with Crippen LogP contribution in [0.25, 0.3) is 0 Å². The van der Waals surface area contributed by atoms with Crippen molar-refractivity contribution in [3.05, 3.63) is 46.5 Å². The standard InChI is InChI=1S/C22H30F2O3/c1-3-4-17-8-5-15(13-26-17)14-27-18-9-6-16(7-10-18)19-11-12-20(25-2)22(24)21(19)23/h6,9,15,17H,3-5,7-8,10-14H2,1-2H3. The highest BCUT2D eigenvalue weighted by Crippen LogP contribution is 2.38. The van der Waals surface area contributed by atoms with Crippen LogP contribution in [0.1, 0.15) is 58.3 Å². The molecule has 1 saturated heterocycles. The molecule has 0 bridgehead atoms. The van der Waals surface area contributed by atoms with Gasteiger partial charge in [0.2, 0.25) is 0 Å². The number of hydrogen-bond acceptors (Lipinski definition) is 3. The summed E-state index contributed by atoms with van der Waals surface area (Å²) in [7, 11) is 1.38. The topological polar surface area (TPSA) is 27.7 Å². The van der Waals surface area contributed by atoms with E-state index >= 15 is 0 Å². The van der Waals surface area contributed by atoms with Crippen molar-refractivity contribution in [1.82, 2.24) is 0 Å². The fourth-order valence-electron chi connectivity index (χ4n) is 3.96. The zero-order valence-electron chi connectivity index (χ0n) is 16.4. The van der Waals surface area contributed by atoms with Crippen molar-refractivity contribution < 1.29 is 23.0 Å². The number of allylic oxidation sites excluding steroid dienone is 8. The molecule has 3 nitrogen and oxygen atoms in total. The van der Waals surface area contributed by atoms with Crippen molar-refractivity contribution in [2.75, 3.05) is 20.3 Å². The third-order valence-electron chi connectivity index (χ3n) is 5.63. The van der Waals surface area contributed by atoms with Crippen LogP contribution in [0.5, 0.6) is 0 Å². The monoisotopic (exact) mass is 380 g/mol. The van der Waals surface area contributed by atoms with Crippen LogP contribution in [-0.4, -0.2) is 26.4 Å². The van der Waals surface area contributed by atoms with E-state index in [0.29, 0.717) is 43.5 Å². The van der Waals surface area contributed by atoms with Crippen molar-refractivity contribution in [3.63, 3.8) is 0 Å². The Morgan fingerprint density at radius 1 is 1.07 bits per heavy atom. The van der Waals surface area contributed by atoms with E-state index in [0.717, 1.165) is 50.0 Å². The Bertz CT molecular complexity index is 652. The lowest BCUT2D eigenvalue weighted by molar-refractivity contribution is -0.0379. The summed E-state index contributed by atoms with van der Waals surface area (Å²) in [5.41, 5.74) is 1.32. The number of ether oxygens (including phenoxy) is 3. The molecule has 27 heavy (non-hydrogen) atoms. The first-order chi connectivity index (χ1) is 13.1. The second kappa shape index (κ2) is 9.54. The molecule has 0 aromatic heterocycles. The van der Waals surface area contributed by atoms with E-state index in [1.54, 1.807) is 0 Å². The Kier molecular flexibility index (Phi) is 7.11. The highest BCUT2D eigenvalue weighted by molar-refractivity contribution is 5.45. The smallest absolute Gasteiger partial charge is 0.196 e. The molecule has 2 atom stereocenters. The second-order valence-corrected chi connectivity index (χ2v) is 7.56. The van der Waals surface area contributed by atoms with Gasteiger partial charge in [0.1, 0.15) is 5.76 Å². The van der Waals surface area contributed by atoms with Gasteiger partial charge in [-0.2, -0.15) is 0 Å². The SMILES string of the molecule is CCCC1CCC(COC2=CC=C(C3=C(F)C(F)=C(OC)CC3)CC2)CO1. The van der Waals surface area contributed by atoms with Crippen LogP contribution in [0.3, 0.4) is 0 Å². The molecule has 0 amide bonds. The molecule has 5 heteroatoms. The lowest BCUT2D eigenvalue weighted by atomic mass is 9.89. The zero-order chi connectivity index (χ0) is 19.2. The summed E-state index contributed by atoms with van der Waals surface area (Å²) in [4.78, 5) is 0. The van der Waals surface area contributed by atoms with Gasteiger partial charge in [-0.3, -0.25) is 0 Å². The highest BCUT2D eigenvalue weighted by atomic mass is 19.2. The van der Waals surface area contributed by atoms with Crippen molar-refractivity contribution in [2.45, 2.75) is 64.4 Å². The summed E-state index contributed by atoms with van der Waals surface area (Å²) >= 11 is 0. The normalized spacial score (nSPS) is 26.7. The lowest BCUT2D eigenvalue weighted by Gasteiger charge is -2.29. The molecule has 1 aliphatic heterocycles. The molecule has 1 fully saturated rings. The van der Waals surface area contributed by atoms with Gasteiger partial charge in [0.05, 0.1) is 32.2 Å². The fraction of sp³-hybridized carbons (Fsp3) is 0.636. The van der Waals surface area contributed by atoms with Crippen LogP contribution in [0.15, 0.2) is 46.5 Å². The van der Waals surface area contributed by atoms with E-state index in [2.05, 4.69) is 6.92 Å². The van der Waals surface area contributed by atoms with Crippen LogP contribution in [0, 0.1) is 5.92 Å². The molecular formula is C22H30F2O3. The summed E-state index contributed by atoms with van der Waals surface area (Å²) in [6, 6.07) is 0. The molecule has 2 unspecified atom stereocenters. The maximum absolute atomic E-state index is 14.3. The summed E-state index contributed by atoms with van der Waals surface area (Å²) in [6.07, 6.45) is 11.0. The van der Waals surface area contributed by atoms with Gasteiger partial charge < -0.3 is 14.2 Å². The minimum atomic E-state index is -0.857. The Labute approximate surface area is 160 Å². The van der Waals surface area contributed by atoms with E-state index < -0.39 is 11.7 Å². The van der Waals surface area contributed by atoms with Crippen LogP contribution < -0.4 is 0 Å². The van der Waals surface area contributed by atoms with Crippen molar-refractivity contribution in [3.8, 4) is 0 Å². The average Bonchev–Trinajstić information content (AvgIpc) is 2.70. The predicted molar refractivity (Wildman–Crippen MR) is 101 cm³/mol. The van der Waals surface area contributed by atoms with Gasteiger partial charge >= 0.3 is 0 Å². The second-order valence-electron chi connectivity index (χ2n) is 7.56. The third kappa shape index (κ3) is 5.01. The average molecular weight is 380 g/mol. The molecular weight excluding hydrogens is 350 g/mol. The van der Waals surface area contributed by atoms with Crippen LogP contribution in [0.2, 0.25) is 0 Å². The summed E-state index contributed by atoms with van der Waals surface area (Å²) in [5, 5.41) is 0. The molecule has 3 rings (SSSR count). The van der Waals surface area contributed by atoms with Gasteiger partial charge in [0.25, 0.3) is 0 Å². The number of halogens is 2. The Balaban J connectivity index is 1.53. The van der Waals surface area contributed by atoms with E-state index in [1.807, 2.05) is 12.2 Å². The predicted octanol–water partition coefficient (Wildman–Crippen LogP) is 6.05. The van der Waals surface area contributed by atoms with Gasteiger partial charge in [-0.15, -0.1) is 0 Å². The summed E-state index contributed by atoms with van der Waals surface area (Å²) in [5.74, 6) is -0.176. The maximum atomic E-state index is 14.3. The maximum Gasteiger partial charge on any atom is 0.196 e. The van der Waals surface area contributed by atoms with Gasteiger partial charge in [-0.25, -0.2) is 8.78 Å². The fourth-order valence-corrected chi connectivity index (χ4v) is 3.96. The molecule has 0 aromatic carbocycles. The third-order valence-corrected chi connectivity index (χ3v) is 5.63. The van der Waals surface area contributed by atoms with Gasteiger partial charge in [0.15, 0.2) is 11.7 Å². The van der Waals surface area contributed by atoms with Gasteiger partial charge in [-0.05, 0) is 49.3 Å². The molecule has 3 aliphatic rings. The van der Waals surface area contributed by atoms with Crippen molar-refractivity contribution in [2.24, 2.45) is 5.92 Å². The Morgan fingerprint density at radius 2 is 1.93 bits per heavy atom. The quantitative estimate of drug-likeness (QED) is 0.538. The summed E-state index contributed by atoms with van der Waals surface area (Å²) in [6.45, 7) is 3.62. The van der Waals surface area contributed by atoms with Crippen molar-refractivity contribution in [1.29, 1.82) is 0 Å². The number of hydrogen-bond donors (Lipinski definition) is 0. The molecule has 0 spiro atoms. The number of rotatable bonds is 7. The van der Waals surface area contributed by atoms with Gasteiger partial charge in [-0.1, -0.05) is 19.4 Å². The minimum Gasteiger partial charge on any atom is -0.498 e. The van der Waals surface area contributed by atoms with E-state index in [1.165, 1.54) is 7.11 Å². The number of methoxy groups -OCH3 is 1. The zero-order valence-corrected chi connectivity index (χ0v) is 16.4. The molecule has 1 heterocycles. The molecule has 0 radical (unpaired) electrons. The first-order valence-electron chi connectivity index (χ1n) is 10.1. The van der Waals surface area contributed by atoms with E-state index in [9.17, 15) is 8.78 Å². The first kappa shape index (κ1) is 20.1. The molecule has 0 N–H and O–H groups in total. The molecule has 0 aromatic rings. The Morgan fingerprint density at radius 3 is 2.56 bits per heavy atom. The van der Waals surface area contributed by atoms with Crippen LogP contribution in [-0.2, 0) is 14.2 Å². The minimum absolute atomic E-state index is 0.100. The van der Waals surface area contributed by atoms with Gasteiger partial charge in [0, 0.05) is 18.8 Å². The molecule has 150 valence electrons. The van der Waals surface area contributed by atoms with Crippen LogP contribution >= 0.6 is 0 Å². The lowest BCUT2D eigenvalue weighted by Crippen LogP contribution is -2.28. The molecule has 2 aliphatic carbocycles. The van der Waals surface area contributed by atoms with Crippen molar-refractivity contribution >= 4 is 0 Å². The van der Waals surface area contributed by atoms with E-state index in [4.69, 9.17) is 14.2 Å². The Hall–Kier alpha value is -1.62. The van der Waals surface area contributed by atoms with E-state index in [-0.39, 0.29) is 5.76 Å².